The smallest absolute Gasteiger partial charge is 0.150 e. The fraction of sp³-hybridized carbons (Fsp3) is 0. The van der Waals surface area contributed by atoms with Crippen LogP contribution < -0.4 is 0 Å². The SMILES string of the molecule is Oc1ccncc1-c1nc(-c2c(O)cccc2Cl)n2ccccc12. The molecule has 0 amide bonds. The Morgan fingerprint density at radius 2 is 1.83 bits per heavy atom. The minimum Gasteiger partial charge on any atom is -0.507 e. The molecule has 0 bridgehead atoms. The highest BCUT2D eigenvalue weighted by Crippen LogP contribution is 2.39. The number of pyridine rings is 2. The molecule has 118 valence electrons. The van der Waals surface area contributed by atoms with Crippen LogP contribution in [0.2, 0.25) is 5.02 Å². The third-order valence-corrected chi connectivity index (χ3v) is 4.13. The number of aromatic nitrogens is 3. The van der Waals surface area contributed by atoms with Crippen molar-refractivity contribution in [2.75, 3.05) is 0 Å². The van der Waals surface area contributed by atoms with Crippen LogP contribution in [-0.4, -0.2) is 24.6 Å². The highest BCUT2D eigenvalue weighted by Gasteiger charge is 2.20. The topological polar surface area (TPSA) is 70.7 Å². The third-order valence-electron chi connectivity index (χ3n) is 3.82. The second-order valence-electron chi connectivity index (χ2n) is 5.27. The largest absolute Gasteiger partial charge is 0.507 e. The molecule has 0 aliphatic heterocycles. The molecular weight excluding hydrogens is 326 g/mol. The lowest BCUT2D eigenvalue weighted by molar-refractivity contribution is 0.476. The van der Waals surface area contributed by atoms with Crippen molar-refractivity contribution in [3.63, 3.8) is 0 Å². The molecule has 0 radical (unpaired) electrons. The van der Waals surface area contributed by atoms with E-state index >= 15 is 0 Å². The number of nitrogens with zero attached hydrogens (tertiary/aromatic N) is 3. The molecule has 24 heavy (non-hydrogen) atoms. The van der Waals surface area contributed by atoms with Gasteiger partial charge >= 0.3 is 0 Å². The first-order valence-electron chi connectivity index (χ1n) is 7.25. The van der Waals surface area contributed by atoms with Gasteiger partial charge in [-0.25, -0.2) is 4.98 Å². The standard InChI is InChI=1S/C18H12ClN3O2/c19-12-4-3-6-15(24)16(12)18-21-17(11-10-20-8-7-14(11)23)13-5-1-2-9-22(13)18/h1-10,24H,(H,20,23). The molecule has 0 aliphatic rings. The number of halogens is 1. The van der Waals surface area contributed by atoms with Gasteiger partial charge in [-0.15, -0.1) is 0 Å². The van der Waals surface area contributed by atoms with Crippen molar-refractivity contribution >= 4 is 17.1 Å². The second-order valence-corrected chi connectivity index (χ2v) is 5.67. The molecule has 4 aromatic rings. The van der Waals surface area contributed by atoms with E-state index < -0.39 is 0 Å². The summed E-state index contributed by atoms with van der Waals surface area (Å²) < 4.78 is 1.82. The van der Waals surface area contributed by atoms with Crippen LogP contribution in [0, 0.1) is 0 Å². The lowest BCUT2D eigenvalue weighted by atomic mass is 10.1. The van der Waals surface area contributed by atoms with Gasteiger partial charge in [0.05, 0.1) is 21.7 Å². The summed E-state index contributed by atoms with van der Waals surface area (Å²) in [6.07, 6.45) is 4.90. The van der Waals surface area contributed by atoms with Crippen molar-refractivity contribution in [2.45, 2.75) is 0 Å². The molecule has 0 saturated heterocycles. The van der Waals surface area contributed by atoms with Gasteiger partial charge < -0.3 is 10.2 Å². The molecule has 0 fully saturated rings. The zero-order chi connectivity index (χ0) is 16.7. The normalized spacial score (nSPS) is 11.0. The Hall–Kier alpha value is -3.05. The molecular formula is C18H12ClN3O2. The maximum absolute atomic E-state index is 10.2. The Labute approximate surface area is 142 Å². The summed E-state index contributed by atoms with van der Waals surface area (Å²) in [5, 5.41) is 20.8. The average molecular weight is 338 g/mol. The van der Waals surface area contributed by atoms with Crippen LogP contribution in [0.1, 0.15) is 0 Å². The van der Waals surface area contributed by atoms with Crippen LogP contribution in [0.25, 0.3) is 28.2 Å². The number of phenols is 1. The van der Waals surface area contributed by atoms with Crippen molar-refractivity contribution in [1.29, 1.82) is 0 Å². The number of hydrogen-bond acceptors (Lipinski definition) is 4. The molecule has 3 heterocycles. The van der Waals surface area contributed by atoms with Crippen molar-refractivity contribution in [3.8, 4) is 34.1 Å². The molecule has 0 saturated carbocycles. The summed E-state index contributed by atoms with van der Waals surface area (Å²) in [5.41, 5.74) is 2.29. The van der Waals surface area contributed by atoms with Crippen LogP contribution in [0.4, 0.5) is 0 Å². The Bertz CT molecular complexity index is 1040. The summed E-state index contributed by atoms with van der Waals surface area (Å²) >= 11 is 6.28. The first-order chi connectivity index (χ1) is 11.7. The number of benzene rings is 1. The van der Waals surface area contributed by atoms with Crippen LogP contribution in [0.15, 0.2) is 61.1 Å². The second kappa shape index (κ2) is 5.54. The van der Waals surface area contributed by atoms with Crippen molar-refractivity contribution in [1.82, 2.24) is 14.4 Å². The lowest BCUT2D eigenvalue weighted by Crippen LogP contribution is -1.89. The van der Waals surface area contributed by atoms with E-state index in [9.17, 15) is 10.2 Å². The van der Waals surface area contributed by atoms with Gasteiger partial charge in [0, 0.05) is 18.6 Å². The van der Waals surface area contributed by atoms with Gasteiger partial charge in [-0.2, -0.15) is 0 Å². The number of hydrogen-bond donors (Lipinski definition) is 2. The number of aromatic hydroxyl groups is 2. The maximum atomic E-state index is 10.2. The molecule has 0 unspecified atom stereocenters. The fourth-order valence-electron chi connectivity index (χ4n) is 2.72. The van der Waals surface area contributed by atoms with Crippen molar-refractivity contribution in [3.05, 3.63) is 66.1 Å². The molecule has 2 N–H and O–H groups in total. The first-order valence-corrected chi connectivity index (χ1v) is 7.63. The maximum Gasteiger partial charge on any atom is 0.150 e. The summed E-state index contributed by atoms with van der Waals surface area (Å²) in [4.78, 5) is 8.69. The minimum atomic E-state index is 0.0419. The van der Waals surface area contributed by atoms with E-state index in [2.05, 4.69) is 9.97 Å². The molecule has 0 spiro atoms. The fourth-order valence-corrected chi connectivity index (χ4v) is 2.97. The van der Waals surface area contributed by atoms with Crippen LogP contribution in [0.5, 0.6) is 11.5 Å². The zero-order valence-electron chi connectivity index (χ0n) is 12.4. The number of phenolic OH excluding ortho intramolecular Hbond substituents is 1. The molecule has 5 nitrogen and oxygen atoms in total. The predicted molar refractivity (Wildman–Crippen MR) is 92.2 cm³/mol. The highest BCUT2D eigenvalue weighted by molar-refractivity contribution is 6.33. The highest BCUT2D eigenvalue weighted by atomic mass is 35.5. The Morgan fingerprint density at radius 3 is 2.62 bits per heavy atom. The third kappa shape index (κ3) is 2.18. The van der Waals surface area contributed by atoms with E-state index in [0.717, 1.165) is 5.52 Å². The van der Waals surface area contributed by atoms with Crippen molar-refractivity contribution in [2.24, 2.45) is 0 Å². The molecule has 4 rings (SSSR count). The number of fused-ring (bicyclic) bond motifs is 1. The number of imidazole rings is 1. The molecule has 3 aromatic heterocycles. The van der Waals surface area contributed by atoms with Gasteiger partial charge in [-0.05, 0) is 30.3 Å². The summed E-state index contributed by atoms with van der Waals surface area (Å²) in [5.74, 6) is 0.621. The lowest BCUT2D eigenvalue weighted by Gasteiger charge is -2.05. The van der Waals surface area contributed by atoms with Crippen molar-refractivity contribution < 1.29 is 10.2 Å². The van der Waals surface area contributed by atoms with Gasteiger partial charge in [0.1, 0.15) is 17.2 Å². The van der Waals surface area contributed by atoms with E-state index in [4.69, 9.17) is 11.6 Å². The predicted octanol–water partition coefficient (Wildman–Crippen LogP) is 4.13. The van der Waals surface area contributed by atoms with Crippen LogP contribution in [-0.2, 0) is 0 Å². The van der Waals surface area contributed by atoms with Crippen LogP contribution >= 0.6 is 11.6 Å². The molecule has 0 atom stereocenters. The van der Waals surface area contributed by atoms with E-state index in [1.807, 2.05) is 28.8 Å². The minimum absolute atomic E-state index is 0.0419. The first kappa shape index (κ1) is 14.5. The number of rotatable bonds is 2. The quantitative estimate of drug-likeness (QED) is 0.577. The molecule has 0 aliphatic carbocycles. The van der Waals surface area contributed by atoms with Crippen LogP contribution in [0.3, 0.4) is 0 Å². The van der Waals surface area contributed by atoms with E-state index in [0.29, 0.717) is 27.7 Å². The van der Waals surface area contributed by atoms with E-state index in [1.165, 1.54) is 12.3 Å². The zero-order valence-corrected chi connectivity index (χ0v) is 13.1. The molecule has 1 aromatic carbocycles. The Kier molecular flexibility index (Phi) is 3.36. The van der Waals surface area contributed by atoms with Gasteiger partial charge in [-0.1, -0.05) is 23.7 Å². The molecule has 6 heteroatoms. The van der Waals surface area contributed by atoms with Gasteiger partial charge in [0.15, 0.2) is 5.82 Å². The summed E-state index contributed by atoms with van der Waals surface area (Å²) in [7, 11) is 0. The van der Waals surface area contributed by atoms with Gasteiger partial charge in [-0.3, -0.25) is 9.38 Å². The Balaban J connectivity index is 2.08. The van der Waals surface area contributed by atoms with E-state index in [-0.39, 0.29) is 11.5 Å². The Morgan fingerprint density at radius 1 is 0.958 bits per heavy atom. The average Bonchev–Trinajstić information content (AvgIpc) is 2.95. The monoisotopic (exact) mass is 337 g/mol. The summed E-state index contributed by atoms with van der Waals surface area (Å²) in [6, 6.07) is 12.1. The van der Waals surface area contributed by atoms with E-state index in [1.54, 1.807) is 24.4 Å². The van der Waals surface area contributed by atoms with Gasteiger partial charge in [0.25, 0.3) is 0 Å². The summed E-state index contributed by atoms with van der Waals surface area (Å²) in [6.45, 7) is 0. The van der Waals surface area contributed by atoms with Gasteiger partial charge in [0.2, 0.25) is 0 Å².